The van der Waals surface area contributed by atoms with Gasteiger partial charge in [-0.2, -0.15) is 0 Å². The zero-order valence-corrected chi connectivity index (χ0v) is 23.1. The van der Waals surface area contributed by atoms with Gasteiger partial charge in [0.05, 0.1) is 23.9 Å². The Bertz CT molecular complexity index is 1620. The molecule has 198 valence electrons. The summed E-state index contributed by atoms with van der Waals surface area (Å²) in [6.07, 6.45) is 3.70. The summed E-state index contributed by atoms with van der Waals surface area (Å²) < 4.78 is 11.0. The number of pyridine rings is 1. The van der Waals surface area contributed by atoms with Crippen LogP contribution in [0, 0.1) is 26.7 Å². The van der Waals surface area contributed by atoms with Crippen LogP contribution in [0.3, 0.4) is 0 Å². The Hall–Kier alpha value is -4.25. The largest absolute Gasteiger partial charge is 0.497 e. The van der Waals surface area contributed by atoms with Crippen LogP contribution in [0.25, 0.3) is 22.6 Å². The number of ketones is 1. The van der Waals surface area contributed by atoms with Gasteiger partial charge in [-0.3, -0.25) is 4.79 Å². The van der Waals surface area contributed by atoms with Crippen LogP contribution < -0.4 is 4.74 Å². The van der Waals surface area contributed by atoms with Gasteiger partial charge in [0.1, 0.15) is 5.75 Å². The molecule has 1 aliphatic carbocycles. The Labute approximate surface area is 229 Å². The number of ether oxygens (including phenoxy) is 2. The Kier molecular flexibility index (Phi) is 7.34. The van der Waals surface area contributed by atoms with E-state index in [1.54, 1.807) is 7.11 Å². The Morgan fingerprint density at radius 2 is 1.67 bits per heavy atom. The first-order chi connectivity index (χ1) is 18.7. The van der Waals surface area contributed by atoms with Crippen molar-refractivity contribution in [2.24, 2.45) is 5.92 Å². The lowest BCUT2D eigenvalue weighted by molar-refractivity contribution is 0.0475. The Morgan fingerprint density at radius 1 is 0.949 bits per heavy atom. The number of rotatable bonds is 6. The van der Waals surface area contributed by atoms with Crippen molar-refractivity contribution in [1.82, 2.24) is 4.98 Å². The summed E-state index contributed by atoms with van der Waals surface area (Å²) in [5, 5.41) is 0.744. The van der Waals surface area contributed by atoms with Crippen LogP contribution in [0.1, 0.15) is 67.6 Å². The zero-order valence-electron chi connectivity index (χ0n) is 23.1. The highest BCUT2D eigenvalue weighted by atomic mass is 16.5. The van der Waals surface area contributed by atoms with Crippen LogP contribution >= 0.6 is 0 Å². The molecule has 1 heterocycles. The van der Waals surface area contributed by atoms with E-state index in [9.17, 15) is 9.59 Å². The van der Waals surface area contributed by atoms with Crippen molar-refractivity contribution in [3.8, 4) is 5.75 Å². The smallest absolute Gasteiger partial charge is 0.339 e. The second kappa shape index (κ2) is 10.9. The molecule has 5 heteroatoms. The molecule has 3 aromatic carbocycles. The summed E-state index contributed by atoms with van der Waals surface area (Å²) in [5.74, 6) is 0.424. The number of nitrogens with zero attached hydrogens (tertiary/aromatic N) is 1. The number of esters is 1. The molecule has 0 fully saturated rings. The third kappa shape index (κ3) is 5.35. The minimum atomic E-state index is -0.488. The molecule has 1 aliphatic rings. The van der Waals surface area contributed by atoms with Crippen LogP contribution in [-0.2, 0) is 11.2 Å². The fraction of sp³-hybridized carbons (Fsp3) is 0.265. The molecule has 1 aromatic heterocycles. The average Bonchev–Trinajstić information content (AvgIpc) is 2.93. The molecule has 0 bridgehead atoms. The molecule has 0 aliphatic heterocycles. The predicted molar refractivity (Wildman–Crippen MR) is 155 cm³/mol. The molecular weight excluding hydrogens is 486 g/mol. The van der Waals surface area contributed by atoms with Gasteiger partial charge in [-0.1, -0.05) is 43.3 Å². The van der Waals surface area contributed by atoms with Gasteiger partial charge in [0, 0.05) is 10.9 Å². The van der Waals surface area contributed by atoms with Crippen molar-refractivity contribution >= 4 is 34.3 Å². The van der Waals surface area contributed by atoms with E-state index >= 15 is 0 Å². The highest BCUT2D eigenvalue weighted by Crippen LogP contribution is 2.39. The minimum absolute atomic E-state index is 0.204. The summed E-state index contributed by atoms with van der Waals surface area (Å²) >= 11 is 0. The number of aromatic nitrogens is 1. The molecular formula is C34H33NO4. The maximum Gasteiger partial charge on any atom is 0.339 e. The van der Waals surface area contributed by atoms with E-state index in [1.807, 2.05) is 81.4 Å². The van der Waals surface area contributed by atoms with E-state index in [0.29, 0.717) is 23.5 Å². The molecule has 5 nitrogen and oxygen atoms in total. The molecule has 0 spiro atoms. The molecule has 0 saturated heterocycles. The normalized spacial score (nSPS) is 15.7. The number of fused-ring (bicyclic) bond motifs is 2. The minimum Gasteiger partial charge on any atom is -0.497 e. The van der Waals surface area contributed by atoms with Gasteiger partial charge in [-0.15, -0.1) is 0 Å². The number of hydrogen-bond donors (Lipinski definition) is 0. The Morgan fingerprint density at radius 3 is 2.41 bits per heavy atom. The van der Waals surface area contributed by atoms with Gasteiger partial charge < -0.3 is 9.47 Å². The number of methoxy groups -OCH3 is 1. The lowest BCUT2D eigenvalue weighted by atomic mass is 9.80. The number of hydrogen-bond acceptors (Lipinski definition) is 5. The van der Waals surface area contributed by atoms with E-state index in [2.05, 4.69) is 13.0 Å². The van der Waals surface area contributed by atoms with Crippen LogP contribution in [0.5, 0.6) is 5.75 Å². The SMILES string of the molecule is COc1ccc(/C=C2/C[C@H](C)Cc3c2nc2ccccc2c3C(=O)OCC(=O)c2cc(C)c(C)cc2C)cc1. The highest BCUT2D eigenvalue weighted by Gasteiger charge is 2.29. The number of benzene rings is 3. The molecule has 0 radical (unpaired) electrons. The number of para-hydroxylation sites is 1. The van der Waals surface area contributed by atoms with E-state index in [-0.39, 0.29) is 12.4 Å². The van der Waals surface area contributed by atoms with Crippen molar-refractivity contribution in [2.45, 2.75) is 40.5 Å². The summed E-state index contributed by atoms with van der Waals surface area (Å²) in [6.45, 7) is 7.78. The lowest BCUT2D eigenvalue weighted by Gasteiger charge is -2.26. The zero-order chi connectivity index (χ0) is 27.7. The van der Waals surface area contributed by atoms with Crippen LogP contribution in [0.2, 0.25) is 0 Å². The number of carbonyl (C=O) groups excluding carboxylic acids is 2. The van der Waals surface area contributed by atoms with Crippen molar-refractivity contribution in [3.63, 3.8) is 0 Å². The van der Waals surface area contributed by atoms with Crippen molar-refractivity contribution in [3.05, 3.63) is 105 Å². The van der Waals surface area contributed by atoms with Crippen molar-refractivity contribution < 1.29 is 19.1 Å². The van der Waals surface area contributed by atoms with Crippen LogP contribution in [0.4, 0.5) is 0 Å². The summed E-state index contributed by atoms with van der Waals surface area (Å²) in [6, 6.07) is 19.4. The maximum atomic E-state index is 13.7. The van der Waals surface area contributed by atoms with Crippen molar-refractivity contribution in [1.29, 1.82) is 0 Å². The van der Waals surface area contributed by atoms with Gasteiger partial charge in [0.15, 0.2) is 6.61 Å². The van der Waals surface area contributed by atoms with Crippen LogP contribution in [0.15, 0.2) is 60.7 Å². The third-order valence-electron chi connectivity index (χ3n) is 7.55. The monoisotopic (exact) mass is 519 g/mol. The number of Topliss-reactive ketones (excluding diaryl/α,β-unsaturated/α-hetero) is 1. The number of allylic oxidation sites excluding steroid dienone is 1. The van der Waals surface area contributed by atoms with E-state index in [1.165, 1.54) is 0 Å². The van der Waals surface area contributed by atoms with Crippen LogP contribution in [-0.4, -0.2) is 30.5 Å². The Balaban J connectivity index is 1.53. The highest BCUT2D eigenvalue weighted by molar-refractivity contribution is 6.08. The summed E-state index contributed by atoms with van der Waals surface area (Å²) in [5.41, 5.74) is 8.70. The second-order valence-electron chi connectivity index (χ2n) is 10.5. The third-order valence-corrected chi connectivity index (χ3v) is 7.55. The average molecular weight is 520 g/mol. The molecule has 0 amide bonds. The topological polar surface area (TPSA) is 65.5 Å². The van der Waals surface area contributed by atoms with E-state index in [4.69, 9.17) is 14.5 Å². The molecule has 1 atom stereocenters. The summed E-state index contributed by atoms with van der Waals surface area (Å²) in [4.78, 5) is 31.8. The first-order valence-electron chi connectivity index (χ1n) is 13.3. The fourth-order valence-corrected chi connectivity index (χ4v) is 5.41. The first-order valence-corrected chi connectivity index (χ1v) is 13.3. The summed E-state index contributed by atoms with van der Waals surface area (Å²) in [7, 11) is 1.65. The van der Waals surface area contributed by atoms with Gasteiger partial charge in [0.25, 0.3) is 0 Å². The van der Waals surface area contributed by atoms with Gasteiger partial charge in [-0.25, -0.2) is 9.78 Å². The first kappa shape index (κ1) is 26.4. The molecule has 39 heavy (non-hydrogen) atoms. The predicted octanol–water partition coefficient (Wildman–Crippen LogP) is 7.33. The van der Waals surface area contributed by atoms with Gasteiger partial charge in [0.2, 0.25) is 5.78 Å². The van der Waals surface area contributed by atoms with Gasteiger partial charge in [-0.05, 0) is 103 Å². The number of aryl methyl sites for hydroxylation is 3. The molecule has 4 aromatic rings. The molecule has 0 saturated carbocycles. The molecule has 0 unspecified atom stereocenters. The van der Waals surface area contributed by atoms with E-state index in [0.717, 1.165) is 62.2 Å². The fourth-order valence-electron chi connectivity index (χ4n) is 5.41. The quantitative estimate of drug-likeness (QED) is 0.197. The molecule has 0 N–H and O–H groups in total. The number of carbonyl (C=O) groups is 2. The maximum absolute atomic E-state index is 13.7. The molecule has 5 rings (SSSR count). The van der Waals surface area contributed by atoms with Crippen molar-refractivity contribution in [2.75, 3.05) is 13.7 Å². The second-order valence-corrected chi connectivity index (χ2v) is 10.5. The standard InChI is InChI=1S/C34H33NO4/c1-20-14-25(18-24-10-12-26(38-5)13-11-24)33-29(15-20)32(27-8-6-7-9-30(27)35-33)34(37)39-19-31(36)28-17-22(3)21(2)16-23(28)4/h6-13,16-18,20H,14-15,19H2,1-5H3/b25-18-/t20-/m0/s1. The van der Waals surface area contributed by atoms with Gasteiger partial charge >= 0.3 is 5.97 Å². The lowest BCUT2D eigenvalue weighted by Crippen LogP contribution is -2.21. The van der Waals surface area contributed by atoms with E-state index < -0.39 is 5.97 Å².